The van der Waals surface area contributed by atoms with Crippen LogP contribution in [0.1, 0.15) is 33.3 Å². The third-order valence-electron chi connectivity index (χ3n) is 5.07. The van der Waals surface area contributed by atoms with Gasteiger partial charge in [-0.3, -0.25) is 19.0 Å². The van der Waals surface area contributed by atoms with E-state index in [4.69, 9.17) is 0 Å². The van der Waals surface area contributed by atoms with Crippen LogP contribution in [0.3, 0.4) is 0 Å². The number of nitrogens with zero attached hydrogens (tertiary/aromatic N) is 2. The molecule has 174 valence electrons. The molecular weight excluding hydrogens is 420 g/mol. The first-order valence-corrected chi connectivity index (χ1v) is 11.1. The quantitative estimate of drug-likeness (QED) is 0.548. The number of carbonyl (C=O) groups excluding carboxylic acids is 2. The van der Waals surface area contributed by atoms with Crippen molar-refractivity contribution in [3.8, 4) is 5.69 Å². The summed E-state index contributed by atoms with van der Waals surface area (Å²) in [5.41, 5.74) is 0.491. The molecule has 1 aromatic heterocycles. The zero-order valence-electron chi connectivity index (χ0n) is 19.4. The van der Waals surface area contributed by atoms with E-state index in [2.05, 4.69) is 10.6 Å². The van der Waals surface area contributed by atoms with E-state index >= 15 is 0 Å². The molecule has 8 heteroatoms. The fourth-order valence-corrected chi connectivity index (χ4v) is 3.54. The lowest BCUT2D eigenvalue weighted by atomic mass is 10.1. The van der Waals surface area contributed by atoms with Gasteiger partial charge in [0.25, 0.3) is 5.56 Å². The average Bonchev–Trinajstić information content (AvgIpc) is 2.76. The number of para-hydroxylation sites is 1. The highest BCUT2D eigenvalue weighted by molar-refractivity contribution is 5.82. The van der Waals surface area contributed by atoms with E-state index < -0.39 is 11.2 Å². The molecule has 0 atom stereocenters. The van der Waals surface area contributed by atoms with Crippen LogP contribution < -0.4 is 21.9 Å². The number of hydrogen-bond donors (Lipinski definition) is 2. The summed E-state index contributed by atoms with van der Waals surface area (Å²) < 4.78 is 2.37. The van der Waals surface area contributed by atoms with Gasteiger partial charge in [-0.1, -0.05) is 38.1 Å². The van der Waals surface area contributed by atoms with E-state index in [1.165, 1.54) is 4.57 Å². The molecule has 0 aliphatic carbocycles. The van der Waals surface area contributed by atoms with Gasteiger partial charge in [-0.05, 0) is 49.6 Å². The van der Waals surface area contributed by atoms with Crippen LogP contribution in [0.2, 0.25) is 0 Å². The molecule has 0 saturated carbocycles. The van der Waals surface area contributed by atoms with Crippen molar-refractivity contribution < 1.29 is 9.59 Å². The number of nitrogens with one attached hydrogen (secondary N) is 2. The van der Waals surface area contributed by atoms with Crippen molar-refractivity contribution in [3.63, 3.8) is 0 Å². The maximum absolute atomic E-state index is 13.3. The number of fused-ring (bicyclic) bond motifs is 1. The first-order valence-electron chi connectivity index (χ1n) is 11.1. The minimum atomic E-state index is -0.597. The summed E-state index contributed by atoms with van der Waals surface area (Å²) in [6.45, 7) is 8.12. The van der Waals surface area contributed by atoms with Gasteiger partial charge in [-0.15, -0.1) is 0 Å². The number of aromatic nitrogens is 2. The Labute approximate surface area is 192 Å². The van der Waals surface area contributed by atoms with Gasteiger partial charge in [-0.25, -0.2) is 9.36 Å². The van der Waals surface area contributed by atoms with Crippen LogP contribution in [0.25, 0.3) is 16.6 Å². The molecule has 1 heterocycles. The molecule has 0 bridgehead atoms. The topological polar surface area (TPSA) is 102 Å². The minimum absolute atomic E-state index is 0.0735. The first kappa shape index (κ1) is 24.0. The SMILES string of the molecule is CC(C)CNC(=O)Cc1ccc(-n2c(=O)c3ccccc3n(CC(=O)NC(C)C)c2=O)cc1. The van der Waals surface area contributed by atoms with E-state index in [1.807, 2.05) is 27.7 Å². The van der Waals surface area contributed by atoms with Crippen LogP contribution in [0.15, 0.2) is 58.1 Å². The first-order chi connectivity index (χ1) is 15.7. The van der Waals surface area contributed by atoms with E-state index in [-0.39, 0.29) is 30.8 Å². The van der Waals surface area contributed by atoms with Gasteiger partial charge in [0.05, 0.1) is 23.0 Å². The number of benzene rings is 2. The van der Waals surface area contributed by atoms with Crippen molar-refractivity contribution in [2.45, 2.75) is 46.7 Å². The molecule has 0 aliphatic heterocycles. The Balaban J connectivity index is 1.99. The minimum Gasteiger partial charge on any atom is -0.356 e. The average molecular weight is 451 g/mol. The second-order valence-electron chi connectivity index (χ2n) is 8.79. The lowest BCUT2D eigenvalue weighted by molar-refractivity contribution is -0.122. The summed E-state index contributed by atoms with van der Waals surface area (Å²) in [5, 5.41) is 5.98. The van der Waals surface area contributed by atoms with Gasteiger partial charge >= 0.3 is 5.69 Å². The number of carbonyl (C=O) groups is 2. The fraction of sp³-hybridized carbons (Fsp3) is 0.360. The van der Waals surface area contributed by atoms with Crippen molar-refractivity contribution >= 4 is 22.7 Å². The monoisotopic (exact) mass is 450 g/mol. The molecule has 3 rings (SSSR count). The van der Waals surface area contributed by atoms with Gasteiger partial charge in [0.1, 0.15) is 6.54 Å². The fourth-order valence-electron chi connectivity index (χ4n) is 3.54. The molecule has 0 radical (unpaired) electrons. The zero-order valence-corrected chi connectivity index (χ0v) is 19.4. The van der Waals surface area contributed by atoms with Gasteiger partial charge in [0, 0.05) is 12.6 Å². The summed E-state index contributed by atoms with van der Waals surface area (Å²) in [6.07, 6.45) is 0.208. The van der Waals surface area contributed by atoms with Gasteiger partial charge in [0.15, 0.2) is 0 Å². The smallest absolute Gasteiger partial charge is 0.336 e. The van der Waals surface area contributed by atoms with Crippen LogP contribution in [0.5, 0.6) is 0 Å². The Bertz CT molecular complexity index is 1270. The Morgan fingerprint density at radius 2 is 1.58 bits per heavy atom. The lowest BCUT2D eigenvalue weighted by Gasteiger charge is -2.15. The predicted molar refractivity (Wildman–Crippen MR) is 129 cm³/mol. The maximum atomic E-state index is 13.3. The molecule has 0 fully saturated rings. The third kappa shape index (κ3) is 5.77. The summed E-state index contributed by atoms with van der Waals surface area (Å²) in [5.74, 6) is -0.0380. The van der Waals surface area contributed by atoms with Crippen LogP contribution in [0, 0.1) is 5.92 Å². The molecule has 2 aromatic carbocycles. The molecule has 8 nitrogen and oxygen atoms in total. The van der Waals surface area contributed by atoms with Crippen molar-refractivity contribution in [1.82, 2.24) is 19.8 Å². The van der Waals surface area contributed by atoms with Gasteiger partial charge in [-0.2, -0.15) is 0 Å². The molecule has 2 N–H and O–H groups in total. The van der Waals surface area contributed by atoms with Crippen LogP contribution >= 0.6 is 0 Å². The van der Waals surface area contributed by atoms with Gasteiger partial charge in [0.2, 0.25) is 11.8 Å². The van der Waals surface area contributed by atoms with Crippen molar-refractivity contribution in [1.29, 1.82) is 0 Å². The number of amides is 2. The van der Waals surface area contributed by atoms with E-state index in [9.17, 15) is 19.2 Å². The van der Waals surface area contributed by atoms with Crippen molar-refractivity contribution in [3.05, 3.63) is 74.9 Å². The summed E-state index contributed by atoms with van der Waals surface area (Å²) >= 11 is 0. The Morgan fingerprint density at radius 1 is 0.909 bits per heavy atom. The maximum Gasteiger partial charge on any atom is 0.336 e. The molecular formula is C25H30N4O4. The Morgan fingerprint density at radius 3 is 2.21 bits per heavy atom. The second kappa shape index (κ2) is 10.3. The molecule has 0 aliphatic rings. The van der Waals surface area contributed by atoms with Crippen molar-refractivity contribution in [2.24, 2.45) is 5.92 Å². The summed E-state index contributed by atoms with van der Waals surface area (Å²) in [4.78, 5) is 51.0. The Kier molecular flexibility index (Phi) is 7.48. The largest absolute Gasteiger partial charge is 0.356 e. The highest BCUT2D eigenvalue weighted by atomic mass is 16.2. The normalized spacial score (nSPS) is 11.2. The number of hydrogen-bond acceptors (Lipinski definition) is 4. The molecule has 2 amide bonds. The van der Waals surface area contributed by atoms with Crippen LogP contribution in [-0.4, -0.2) is 33.5 Å². The molecule has 0 saturated heterocycles. The molecule has 0 spiro atoms. The summed E-state index contributed by atoms with van der Waals surface area (Å²) in [7, 11) is 0. The van der Waals surface area contributed by atoms with E-state index in [0.29, 0.717) is 29.1 Å². The third-order valence-corrected chi connectivity index (χ3v) is 5.07. The standard InChI is InChI=1S/C25H30N4O4/c1-16(2)14-26-22(30)13-18-9-11-19(12-10-18)29-24(32)20-7-5-6-8-21(20)28(25(29)33)15-23(31)27-17(3)4/h5-12,16-17H,13-15H2,1-4H3,(H,26,30)(H,27,31). The number of rotatable bonds is 8. The highest BCUT2D eigenvalue weighted by Crippen LogP contribution is 2.12. The van der Waals surface area contributed by atoms with E-state index in [1.54, 1.807) is 48.5 Å². The zero-order chi connectivity index (χ0) is 24.1. The van der Waals surface area contributed by atoms with Crippen LogP contribution in [-0.2, 0) is 22.6 Å². The van der Waals surface area contributed by atoms with Gasteiger partial charge < -0.3 is 10.6 Å². The summed E-state index contributed by atoms with van der Waals surface area (Å²) in [6, 6.07) is 13.4. The molecule has 0 unspecified atom stereocenters. The second-order valence-corrected chi connectivity index (χ2v) is 8.79. The van der Waals surface area contributed by atoms with E-state index in [0.717, 1.165) is 10.1 Å². The lowest BCUT2D eigenvalue weighted by Crippen LogP contribution is -2.42. The molecule has 33 heavy (non-hydrogen) atoms. The highest BCUT2D eigenvalue weighted by Gasteiger charge is 2.17. The van der Waals surface area contributed by atoms with Crippen molar-refractivity contribution in [2.75, 3.05) is 6.54 Å². The molecule has 3 aromatic rings. The predicted octanol–water partition coefficient (Wildman–Crippen LogP) is 1.99. The van der Waals surface area contributed by atoms with Crippen LogP contribution in [0.4, 0.5) is 0 Å². The Hall–Kier alpha value is -3.68.